The molecule has 13 heavy (non-hydrogen) atoms. The van der Waals surface area contributed by atoms with Crippen LogP contribution in [0.4, 0.5) is 0 Å². The molecule has 0 aliphatic rings. The molecule has 0 aliphatic carbocycles. The van der Waals surface area contributed by atoms with E-state index >= 15 is 0 Å². The van der Waals surface area contributed by atoms with E-state index in [-0.39, 0.29) is 0 Å². The van der Waals surface area contributed by atoms with Crippen LogP contribution < -0.4 is 5.73 Å². The molecule has 0 radical (unpaired) electrons. The van der Waals surface area contributed by atoms with Crippen LogP contribution >= 0.6 is 0 Å². The molecule has 3 nitrogen and oxygen atoms in total. The molecule has 0 amide bonds. The fourth-order valence-electron chi connectivity index (χ4n) is 1.65. The molecule has 0 saturated carbocycles. The molecule has 0 fully saturated rings. The van der Waals surface area contributed by atoms with E-state index in [1.54, 1.807) is 0 Å². The molecule has 0 spiro atoms. The van der Waals surface area contributed by atoms with Crippen molar-refractivity contribution in [1.82, 2.24) is 9.55 Å². The maximum atomic E-state index is 5.48. The lowest BCUT2D eigenvalue weighted by atomic mass is 10.3. The highest BCUT2D eigenvalue weighted by Gasteiger charge is 2.07. The Hall–Kier alpha value is -0.830. The van der Waals surface area contributed by atoms with E-state index in [1.807, 2.05) is 0 Å². The van der Waals surface area contributed by atoms with Gasteiger partial charge in [0.2, 0.25) is 0 Å². The van der Waals surface area contributed by atoms with Crippen molar-refractivity contribution in [3.05, 3.63) is 17.2 Å². The molecule has 0 saturated heterocycles. The third-order valence-corrected chi connectivity index (χ3v) is 2.43. The summed E-state index contributed by atoms with van der Waals surface area (Å²) in [6.45, 7) is 8.08. The molecule has 1 rings (SSSR count). The highest BCUT2D eigenvalue weighted by molar-refractivity contribution is 5.15. The van der Waals surface area contributed by atoms with Crippen LogP contribution in [0.5, 0.6) is 0 Å². The second-order valence-corrected chi connectivity index (χ2v) is 3.34. The van der Waals surface area contributed by atoms with E-state index in [1.165, 1.54) is 11.4 Å². The minimum Gasteiger partial charge on any atom is -0.332 e. The zero-order valence-corrected chi connectivity index (χ0v) is 8.80. The first-order chi connectivity index (χ1) is 6.20. The summed E-state index contributed by atoms with van der Waals surface area (Å²) >= 11 is 0. The van der Waals surface area contributed by atoms with Crippen molar-refractivity contribution in [3.63, 3.8) is 0 Å². The molecular formula is C10H19N3. The van der Waals surface area contributed by atoms with Gasteiger partial charge in [-0.3, -0.25) is 0 Å². The number of aryl methyl sites for hydroxylation is 2. The van der Waals surface area contributed by atoms with Crippen LogP contribution in [0.2, 0.25) is 0 Å². The van der Waals surface area contributed by atoms with Gasteiger partial charge in [0, 0.05) is 12.2 Å². The van der Waals surface area contributed by atoms with Crippen LogP contribution in [0.3, 0.4) is 0 Å². The molecule has 2 N–H and O–H groups in total. The number of imidazole rings is 1. The lowest BCUT2D eigenvalue weighted by molar-refractivity contribution is 0.619. The van der Waals surface area contributed by atoms with Crippen molar-refractivity contribution in [2.45, 2.75) is 40.2 Å². The summed E-state index contributed by atoms with van der Waals surface area (Å²) in [5, 5.41) is 0. The quantitative estimate of drug-likeness (QED) is 0.763. The SMILES string of the molecule is CCc1nc(C)n(CCCN)c1C. The number of aromatic nitrogens is 2. The van der Waals surface area contributed by atoms with E-state index in [0.29, 0.717) is 0 Å². The summed E-state index contributed by atoms with van der Waals surface area (Å²) in [7, 11) is 0. The van der Waals surface area contributed by atoms with Crippen LogP contribution in [0.1, 0.15) is 30.6 Å². The van der Waals surface area contributed by atoms with E-state index in [4.69, 9.17) is 5.73 Å². The van der Waals surface area contributed by atoms with Crippen molar-refractivity contribution in [1.29, 1.82) is 0 Å². The van der Waals surface area contributed by atoms with Gasteiger partial charge in [-0.15, -0.1) is 0 Å². The van der Waals surface area contributed by atoms with E-state index < -0.39 is 0 Å². The van der Waals surface area contributed by atoms with Crippen LogP contribution in [0.15, 0.2) is 0 Å². The predicted molar refractivity (Wildman–Crippen MR) is 54.8 cm³/mol. The maximum Gasteiger partial charge on any atom is 0.106 e. The van der Waals surface area contributed by atoms with Gasteiger partial charge in [0.25, 0.3) is 0 Å². The average molecular weight is 181 g/mol. The zero-order valence-electron chi connectivity index (χ0n) is 8.80. The Balaban J connectivity index is 2.85. The molecule has 0 unspecified atom stereocenters. The van der Waals surface area contributed by atoms with Gasteiger partial charge in [0.05, 0.1) is 5.69 Å². The normalized spacial score (nSPS) is 10.8. The number of hydrogen-bond acceptors (Lipinski definition) is 2. The van der Waals surface area contributed by atoms with Crippen LogP contribution in [-0.4, -0.2) is 16.1 Å². The number of nitrogens with two attached hydrogens (primary N) is 1. The number of rotatable bonds is 4. The lowest BCUT2D eigenvalue weighted by Crippen LogP contribution is -2.08. The Morgan fingerprint density at radius 2 is 2.08 bits per heavy atom. The van der Waals surface area contributed by atoms with Crippen molar-refractivity contribution < 1.29 is 0 Å². The number of hydrogen-bond donors (Lipinski definition) is 1. The fraction of sp³-hybridized carbons (Fsp3) is 0.700. The van der Waals surface area contributed by atoms with Crippen molar-refractivity contribution in [3.8, 4) is 0 Å². The topological polar surface area (TPSA) is 43.8 Å². The molecule has 0 aliphatic heterocycles. The van der Waals surface area contributed by atoms with Crippen LogP contribution in [-0.2, 0) is 13.0 Å². The van der Waals surface area contributed by atoms with Gasteiger partial charge in [-0.05, 0) is 33.2 Å². The Kier molecular flexibility index (Phi) is 3.48. The first kappa shape index (κ1) is 10.3. The Morgan fingerprint density at radius 1 is 1.38 bits per heavy atom. The molecule has 3 heteroatoms. The van der Waals surface area contributed by atoms with Crippen LogP contribution in [0, 0.1) is 13.8 Å². The average Bonchev–Trinajstić information content (AvgIpc) is 2.39. The van der Waals surface area contributed by atoms with Crippen molar-refractivity contribution >= 4 is 0 Å². The van der Waals surface area contributed by atoms with E-state index in [2.05, 4.69) is 30.3 Å². The Bertz CT molecular complexity index is 276. The summed E-state index contributed by atoms with van der Waals surface area (Å²) in [5.41, 5.74) is 8.00. The summed E-state index contributed by atoms with van der Waals surface area (Å²) in [5.74, 6) is 1.11. The second-order valence-electron chi connectivity index (χ2n) is 3.34. The molecular weight excluding hydrogens is 162 g/mol. The monoisotopic (exact) mass is 181 g/mol. The standard InChI is InChI=1S/C10H19N3/c1-4-10-8(2)13(7-5-6-11)9(3)12-10/h4-7,11H2,1-3H3. The number of nitrogens with zero attached hydrogens (tertiary/aromatic N) is 2. The van der Waals surface area contributed by atoms with Crippen LogP contribution in [0.25, 0.3) is 0 Å². The van der Waals surface area contributed by atoms with Crippen molar-refractivity contribution in [2.75, 3.05) is 6.54 Å². The molecule has 0 atom stereocenters. The van der Waals surface area contributed by atoms with Gasteiger partial charge >= 0.3 is 0 Å². The molecule has 0 aromatic carbocycles. The van der Waals surface area contributed by atoms with Gasteiger partial charge < -0.3 is 10.3 Å². The lowest BCUT2D eigenvalue weighted by Gasteiger charge is -2.06. The minimum atomic E-state index is 0.749. The van der Waals surface area contributed by atoms with Gasteiger partial charge in [0.15, 0.2) is 0 Å². The third kappa shape index (κ3) is 2.10. The van der Waals surface area contributed by atoms with Gasteiger partial charge in [0.1, 0.15) is 5.82 Å². The summed E-state index contributed by atoms with van der Waals surface area (Å²) < 4.78 is 2.26. The minimum absolute atomic E-state index is 0.749. The Morgan fingerprint density at radius 3 is 2.54 bits per heavy atom. The molecule has 1 aromatic heterocycles. The van der Waals surface area contributed by atoms with E-state index in [9.17, 15) is 0 Å². The van der Waals surface area contributed by atoms with E-state index in [0.717, 1.165) is 31.8 Å². The maximum absolute atomic E-state index is 5.48. The smallest absolute Gasteiger partial charge is 0.106 e. The van der Waals surface area contributed by atoms with Gasteiger partial charge in [-0.25, -0.2) is 4.98 Å². The summed E-state index contributed by atoms with van der Waals surface area (Å²) in [6.07, 6.45) is 2.05. The molecule has 74 valence electrons. The highest BCUT2D eigenvalue weighted by atomic mass is 15.1. The molecule has 1 aromatic rings. The summed E-state index contributed by atoms with van der Waals surface area (Å²) in [6, 6.07) is 0. The first-order valence-electron chi connectivity index (χ1n) is 4.93. The molecule has 0 bridgehead atoms. The van der Waals surface area contributed by atoms with Gasteiger partial charge in [-0.2, -0.15) is 0 Å². The molecule has 1 heterocycles. The van der Waals surface area contributed by atoms with Crippen molar-refractivity contribution in [2.24, 2.45) is 5.73 Å². The largest absolute Gasteiger partial charge is 0.332 e. The fourth-order valence-corrected chi connectivity index (χ4v) is 1.65. The highest BCUT2D eigenvalue weighted by Crippen LogP contribution is 2.11. The Labute approximate surface area is 80.0 Å². The van der Waals surface area contributed by atoms with Gasteiger partial charge in [-0.1, -0.05) is 6.92 Å². The second kappa shape index (κ2) is 4.42. The summed E-state index contributed by atoms with van der Waals surface area (Å²) in [4.78, 5) is 4.50. The zero-order chi connectivity index (χ0) is 9.84. The first-order valence-corrected chi connectivity index (χ1v) is 4.93. The predicted octanol–water partition coefficient (Wildman–Crippen LogP) is 1.41. The third-order valence-electron chi connectivity index (χ3n) is 2.43.